The Balaban J connectivity index is 1.23. The molecule has 2 bridgehead atoms. The SMILES string of the molecule is CC(C)(C)OC(=O)N1CC2CC1CN2c1ccc(OCC(O)CCn2cc([N+](=O)[O-])nc2Cl)cc1. The highest BCUT2D eigenvalue weighted by Crippen LogP contribution is 2.36. The van der Waals surface area contributed by atoms with Crippen LogP contribution in [0.25, 0.3) is 0 Å². The molecule has 0 spiro atoms. The first kappa shape index (κ1) is 25.1. The van der Waals surface area contributed by atoms with E-state index in [1.165, 1.54) is 10.8 Å². The molecule has 3 unspecified atom stereocenters. The Labute approximate surface area is 208 Å². The van der Waals surface area contributed by atoms with Gasteiger partial charge in [-0.25, -0.2) is 4.79 Å². The van der Waals surface area contributed by atoms with Crippen LogP contribution in [0.1, 0.15) is 33.6 Å². The third-order valence-corrected chi connectivity index (χ3v) is 6.39. The predicted molar refractivity (Wildman–Crippen MR) is 129 cm³/mol. The Kier molecular flexibility index (Phi) is 7.09. The van der Waals surface area contributed by atoms with Gasteiger partial charge in [-0.05, 0) is 79.4 Å². The minimum atomic E-state index is -0.777. The van der Waals surface area contributed by atoms with Crippen molar-refractivity contribution in [2.45, 2.75) is 63.9 Å². The maximum absolute atomic E-state index is 12.4. The van der Waals surface area contributed by atoms with E-state index >= 15 is 0 Å². The third-order valence-electron chi connectivity index (χ3n) is 6.08. The van der Waals surface area contributed by atoms with Gasteiger partial charge >= 0.3 is 17.2 Å². The van der Waals surface area contributed by atoms with Crippen molar-refractivity contribution in [1.29, 1.82) is 0 Å². The summed E-state index contributed by atoms with van der Waals surface area (Å²) in [5, 5.41) is 21.0. The number of carbonyl (C=O) groups is 1. The molecule has 0 aliphatic carbocycles. The Morgan fingerprint density at radius 1 is 1.29 bits per heavy atom. The third kappa shape index (κ3) is 5.96. The smallest absolute Gasteiger partial charge is 0.410 e. The van der Waals surface area contributed by atoms with Gasteiger partial charge in [0.1, 0.15) is 24.2 Å². The van der Waals surface area contributed by atoms with E-state index in [1.54, 1.807) is 0 Å². The summed E-state index contributed by atoms with van der Waals surface area (Å²) >= 11 is 5.89. The second kappa shape index (κ2) is 9.90. The van der Waals surface area contributed by atoms with Gasteiger partial charge in [-0.2, -0.15) is 0 Å². The number of nitrogens with zero attached hydrogens (tertiary/aromatic N) is 5. The molecule has 1 aromatic heterocycles. The van der Waals surface area contributed by atoms with Crippen molar-refractivity contribution in [3.63, 3.8) is 0 Å². The lowest BCUT2D eigenvalue weighted by Gasteiger charge is -2.36. The van der Waals surface area contributed by atoms with Gasteiger partial charge in [-0.15, -0.1) is 0 Å². The van der Waals surface area contributed by atoms with Crippen LogP contribution in [0.2, 0.25) is 5.28 Å². The summed E-state index contributed by atoms with van der Waals surface area (Å²) in [6.45, 7) is 7.38. The number of piperazine rings is 1. The molecule has 1 N–H and O–H groups in total. The van der Waals surface area contributed by atoms with Crippen molar-refractivity contribution in [1.82, 2.24) is 14.5 Å². The predicted octanol–water partition coefficient (Wildman–Crippen LogP) is 3.47. The number of carbonyl (C=O) groups excluding carboxylic acids is 1. The van der Waals surface area contributed by atoms with Crippen molar-refractivity contribution in [3.8, 4) is 5.75 Å². The van der Waals surface area contributed by atoms with Crippen molar-refractivity contribution < 1.29 is 24.3 Å². The Morgan fingerprint density at radius 2 is 2.00 bits per heavy atom. The van der Waals surface area contributed by atoms with Gasteiger partial charge in [0.2, 0.25) is 0 Å². The summed E-state index contributed by atoms with van der Waals surface area (Å²) in [5.41, 5.74) is 0.556. The molecular formula is C23H30ClN5O6. The number of amides is 1. The maximum Gasteiger partial charge on any atom is 0.410 e. The molecule has 12 heteroatoms. The molecule has 3 atom stereocenters. The second-order valence-corrected chi connectivity index (χ2v) is 10.2. The average Bonchev–Trinajstić information content (AvgIpc) is 3.49. The van der Waals surface area contributed by atoms with Gasteiger partial charge in [0, 0.05) is 31.4 Å². The zero-order valence-corrected chi connectivity index (χ0v) is 20.7. The molecule has 2 aromatic rings. The first-order valence-corrected chi connectivity index (χ1v) is 11.9. The quantitative estimate of drug-likeness (QED) is 0.425. The lowest BCUT2D eigenvalue weighted by atomic mass is 10.2. The molecule has 2 saturated heterocycles. The topological polar surface area (TPSA) is 123 Å². The molecule has 2 aliphatic rings. The van der Waals surface area contributed by atoms with Gasteiger partial charge in [-0.1, -0.05) is 0 Å². The highest BCUT2D eigenvalue weighted by Gasteiger charge is 2.46. The monoisotopic (exact) mass is 507 g/mol. The van der Waals surface area contributed by atoms with Crippen LogP contribution in [0.5, 0.6) is 5.75 Å². The minimum Gasteiger partial charge on any atom is -0.491 e. The van der Waals surface area contributed by atoms with Crippen molar-refractivity contribution in [2.75, 3.05) is 24.6 Å². The number of aromatic nitrogens is 2. The normalized spacial score (nSPS) is 20.3. The van der Waals surface area contributed by atoms with Gasteiger partial charge in [0.05, 0.1) is 12.1 Å². The zero-order valence-electron chi connectivity index (χ0n) is 20.0. The number of hydrogen-bond acceptors (Lipinski definition) is 8. The number of halogens is 1. The van der Waals surface area contributed by atoms with Crippen LogP contribution in [0.3, 0.4) is 0 Å². The summed E-state index contributed by atoms with van der Waals surface area (Å²) in [4.78, 5) is 30.4. The van der Waals surface area contributed by atoms with Crippen molar-refractivity contribution in [3.05, 3.63) is 45.9 Å². The number of hydrogen-bond donors (Lipinski definition) is 1. The van der Waals surface area contributed by atoms with E-state index in [-0.39, 0.29) is 42.4 Å². The van der Waals surface area contributed by atoms with Crippen LogP contribution in [-0.2, 0) is 11.3 Å². The largest absolute Gasteiger partial charge is 0.491 e. The summed E-state index contributed by atoms with van der Waals surface area (Å²) in [6.07, 6.45) is 1.44. The summed E-state index contributed by atoms with van der Waals surface area (Å²) in [6, 6.07) is 8.07. The molecule has 190 valence electrons. The number of likely N-dealkylation sites (tertiary alicyclic amines) is 1. The molecule has 35 heavy (non-hydrogen) atoms. The van der Waals surface area contributed by atoms with Gasteiger partial charge < -0.3 is 34.5 Å². The van der Waals surface area contributed by atoms with Gasteiger partial charge in [0.25, 0.3) is 0 Å². The fraction of sp³-hybridized carbons (Fsp3) is 0.565. The van der Waals surface area contributed by atoms with E-state index in [0.717, 1.165) is 18.7 Å². The molecule has 2 fully saturated rings. The number of imidazole rings is 1. The van der Waals surface area contributed by atoms with Crippen LogP contribution in [0, 0.1) is 10.1 Å². The minimum absolute atomic E-state index is 0.00485. The van der Waals surface area contributed by atoms with Crippen LogP contribution >= 0.6 is 11.6 Å². The number of nitro groups is 1. The highest BCUT2D eigenvalue weighted by atomic mass is 35.5. The number of fused-ring (bicyclic) bond motifs is 2. The highest BCUT2D eigenvalue weighted by molar-refractivity contribution is 6.28. The Morgan fingerprint density at radius 3 is 2.57 bits per heavy atom. The zero-order chi connectivity index (χ0) is 25.3. The Bertz CT molecular complexity index is 1070. The van der Waals surface area contributed by atoms with Crippen LogP contribution in [0.4, 0.5) is 16.3 Å². The fourth-order valence-electron chi connectivity index (χ4n) is 4.45. The molecule has 0 saturated carbocycles. The van der Waals surface area contributed by atoms with E-state index in [4.69, 9.17) is 21.1 Å². The second-order valence-electron chi connectivity index (χ2n) is 9.89. The van der Waals surface area contributed by atoms with E-state index < -0.39 is 16.6 Å². The van der Waals surface area contributed by atoms with Crippen LogP contribution in [0.15, 0.2) is 30.5 Å². The molecular weight excluding hydrogens is 478 g/mol. The van der Waals surface area contributed by atoms with Crippen molar-refractivity contribution in [2.24, 2.45) is 0 Å². The number of ether oxygens (including phenoxy) is 2. The average molecular weight is 508 g/mol. The molecule has 0 radical (unpaired) electrons. The molecule has 2 aliphatic heterocycles. The van der Waals surface area contributed by atoms with Gasteiger partial charge in [0.15, 0.2) is 0 Å². The standard InChI is InChI=1S/C23H30ClN5O6/c1-23(2,3)35-22(31)28-12-16-10-17(28)11-27(16)15-4-6-19(7-5-15)34-14-18(30)8-9-26-13-20(29(32)33)25-21(26)24/h4-7,13,16-18,30H,8-12,14H2,1-3H3. The van der Waals surface area contributed by atoms with Gasteiger partial charge in [-0.3, -0.25) is 4.57 Å². The number of aryl methyl sites for hydroxylation is 1. The van der Waals surface area contributed by atoms with E-state index in [0.29, 0.717) is 18.7 Å². The summed E-state index contributed by atoms with van der Waals surface area (Å²) < 4.78 is 12.7. The lowest BCUT2D eigenvalue weighted by molar-refractivity contribution is -0.389. The van der Waals surface area contributed by atoms with Crippen molar-refractivity contribution >= 4 is 29.2 Å². The maximum atomic E-state index is 12.4. The lowest BCUT2D eigenvalue weighted by Crippen LogP contribution is -2.50. The Hall–Kier alpha value is -3.05. The number of aliphatic hydroxyl groups excluding tert-OH is 1. The molecule has 1 aromatic carbocycles. The number of benzene rings is 1. The number of anilines is 1. The number of rotatable bonds is 8. The summed E-state index contributed by atoms with van der Waals surface area (Å²) in [7, 11) is 0. The molecule has 3 heterocycles. The van der Waals surface area contributed by atoms with E-state index in [2.05, 4.69) is 9.88 Å². The van der Waals surface area contributed by atoms with E-state index in [1.807, 2.05) is 49.9 Å². The molecule has 4 rings (SSSR count). The first-order chi connectivity index (χ1) is 16.5. The van der Waals surface area contributed by atoms with E-state index in [9.17, 15) is 20.0 Å². The number of aliphatic hydroxyl groups is 1. The fourth-order valence-corrected chi connectivity index (χ4v) is 4.67. The van der Waals surface area contributed by atoms with Crippen LogP contribution in [-0.4, -0.2) is 74.1 Å². The summed E-state index contributed by atoms with van der Waals surface area (Å²) in [5.74, 6) is 0.299. The van der Waals surface area contributed by atoms with Crippen LogP contribution < -0.4 is 9.64 Å². The first-order valence-electron chi connectivity index (χ1n) is 11.5. The molecule has 1 amide bonds. The molecule has 11 nitrogen and oxygen atoms in total.